The highest BCUT2D eigenvalue weighted by Crippen LogP contribution is 2.21. The standard InChI is InChI=1S/C13H18N6OS/c1-10-14-4-3-12(15-10)18-5-7-19(8-6-18)13-16-11(9-20-2)17-21-13/h3-4H,5-9H2,1-2H3. The Labute approximate surface area is 127 Å². The van der Waals surface area contributed by atoms with Gasteiger partial charge in [0, 0.05) is 51.0 Å². The van der Waals surface area contributed by atoms with Crippen LogP contribution in [0.15, 0.2) is 12.3 Å². The highest BCUT2D eigenvalue weighted by Gasteiger charge is 2.21. The van der Waals surface area contributed by atoms with Crippen LogP contribution in [0.4, 0.5) is 10.9 Å². The van der Waals surface area contributed by atoms with Crippen molar-refractivity contribution >= 4 is 22.5 Å². The molecule has 0 unspecified atom stereocenters. The van der Waals surface area contributed by atoms with Crippen LogP contribution in [-0.4, -0.2) is 52.6 Å². The van der Waals surface area contributed by atoms with Crippen molar-refractivity contribution in [2.45, 2.75) is 13.5 Å². The van der Waals surface area contributed by atoms with Gasteiger partial charge in [-0.1, -0.05) is 0 Å². The normalized spacial score (nSPS) is 15.5. The zero-order valence-electron chi connectivity index (χ0n) is 12.2. The van der Waals surface area contributed by atoms with E-state index in [0.717, 1.165) is 48.8 Å². The molecule has 0 atom stereocenters. The second kappa shape index (κ2) is 6.31. The van der Waals surface area contributed by atoms with Gasteiger partial charge in [0.1, 0.15) is 18.2 Å². The number of aryl methyl sites for hydroxylation is 1. The van der Waals surface area contributed by atoms with E-state index in [-0.39, 0.29) is 0 Å². The first kappa shape index (κ1) is 14.2. The van der Waals surface area contributed by atoms with Crippen molar-refractivity contribution in [2.75, 3.05) is 43.1 Å². The lowest BCUT2D eigenvalue weighted by molar-refractivity contribution is 0.179. The molecule has 0 radical (unpaired) electrons. The predicted octanol–water partition coefficient (Wildman–Crippen LogP) is 1.11. The molecule has 112 valence electrons. The van der Waals surface area contributed by atoms with E-state index in [1.807, 2.05) is 19.2 Å². The third-order valence-electron chi connectivity index (χ3n) is 3.37. The Hall–Kier alpha value is -1.80. The SMILES string of the molecule is COCc1nsc(N2CCN(c3ccnc(C)n3)CC2)n1. The minimum atomic E-state index is 0.469. The maximum absolute atomic E-state index is 5.06. The van der Waals surface area contributed by atoms with E-state index in [1.54, 1.807) is 7.11 Å². The quantitative estimate of drug-likeness (QED) is 0.838. The van der Waals surface area contributed by atoms with Gasteiger partial charge in [-0.2, -0.15) is 4.37 Å². The molecule has 0 amide bonds. The molecule has 0 aliphatic carbocycles. The molecule has 1 saturated heterocycles. The molecule has 2 aromatic heterocycles. The molecule has 0 saturated carbocycles. The van der Waals surface area contributed by atoms with Crippen molar-refractivity contribution in [3.63, 3.8) is 0 Å². The summed E-state index contributed by atoms with van der Waals surface area (Å²) in [5.74, 6) is 2.56. The summed E-state index contributed by atoms with van der Waals surface area (Å²) in [5.41, 5.74) is 0. The molecular formula is C13H18N6OS. The fourth-order valence-electron chi connectivity index (χ4n) is 2.31. The molecule has 0 N–H and O–H groups in total. The largest absolute Gasteiger partial charge is 0.377 e. The highest BCUT2D eigenvalue weighted by atomic mass is 32.1. The number of piperazine rings is 1. The summed E-state index contributed by atoms with van der Waals surface area (Å²) in [6.45, 7) is 6.08. The van der Waals surface area contributed by atoms with Crippen LogP contribution in [0.2, 0.25) is 0 Å². The Kier molecular flexibility index (Phi) is 4.26. The van der Waals surface area contributed by atoms with Crippen molar-refractivity contribution in [1.29, 1.82) is 0 Å². The van der Waals surface area contributed by atoms with E-state index in [9.17, 15) is 0 Å². The molecule has 3 heterocycles. The molecular weight excluding hydrogens is 288 g/mol. The molecule has 0 spiro atoms. The minimum absolute atomic E-state index is 0.469. The summed E-state index contributed by atoms with van der Waals surface area (Å²) in [5, 5.41) is 0.973. The van der Waals surface area contributed by atoms with E-state index in [0.29, 0.717) is 6.61 Å². The number of methoxy groups -OCH3 is 1. The van der Waals surface area contributed by atoms with E-state index in [2.05, 4.69) is 29.1 Å². The molecule has 1 fully saturated rings. The molecule has 1 aliphatic rings. The summed E-state index contributed by atoms with van der Waals surface area (Å²) >= 11 is 1.44. The van der Waals surface area contributed by atoms with E-state index in [4.69, 9.17) is 4.74 Å². The lowest BCUT2D eigenvalue weighted by Crippen LogP contribution is -2.46. The van der Waals surface area contributed by atoms with Crippen LogP contribution in [0.5, 0.6) is 0 Å². The second-order valence-electron chi connectivity index (χ2n) is 4.86. The first-order chi connectivity index (χ1) is 10.3. The number of nitrogens with zero attached hydrogens (tertiary/aromatic N) is 6. The Morgan fingerprint density at radius 3 is 2.67 bits per heavy atom. The van der Waals surface area contributed by atoms with Crippen molar-refractivity contribution in [2.24, 2.45) is 0 Å². The number of anilines is 2. The zero-order valence-corrected chi connectivity index (χ0v) is 13.0. The van der Waals surface area contributed by atoms with Gasteiger partial charge in [0.15, 0.2) is 5.82 Å². The number of hydrogen-bond donors (Lipinski definition) is 0. The van der Waals surface area contributed by atoms with E-state index < -0.39 is 0 Å². The summed E-state index contributed by atoms with van der Waals surface area (Å²) in [4.78, 5) is 17.7. The van der Waals surface area contributed by atoms with Gasteiger partial charge in [-0.15, -0.1) is 0 Å². The topological polar surface area (TPSA) is 67.3 Å². The first-order valence-corrected chi connectivity index (χ1v) is 7.64. The number of hydrogen-bond acceptors (Lipinski definition) is 8. The van der Waals surface area contributed by atoms with Crippen LogP contribution >= 0.6 is 11.5 Å². The number of ether oxygens (including phenoxy) is 1. The second-order valence-corrected chi connectivity index (χ2v) is 5.59. The minimum Gasteiger partial charge on any atom is -0.377 e. The lowest BCUT2D eigenvalue weighted by Gasteiger charge is -2.35. The van der Waals surface area contributed by atoms with Crippen LogP contribution < -0.4 is 9.80 Å². The van der Waals surface area contributed by atoms with Gasteiger partial charge in [0.2, 0.25) is 5.13 Å². The molecule has 21 heavy (non-hydrogen) atoms. The van der Waals surface area contributed by atoms with Crippen LogP contribution in [-0.2, 0) is 11.3 Å². The number of aromatic nitrogens is 4. The van der Waals surface area contributed by atoms with Gasteiger partial charge >= 0.3 is 0 Å². The predicted molar refractivity (Wildman–Crippen MR) is 81.8 cm³/mol. The first-order valence-electron chi connectivity index (χ1n) is 6.87. The molecule has 1 aliphatic heterocycles. The maximum atomic E-state index is 5.06. The third kappa shape index (κ3) is 3.27. The fourth-order valence-corrected chi connectivity index (χ4v) is 3.03. The van der Waals surface area contributed by atoms with E-state index >= 15 is 0 Å². The Morgan fingerprint density at radius 1 is 1.19 bits per heavy atom. The Balaban J connectivity index is 1.61. The summed E-state index contributed by atoms with van der Waals surface area (Å²) < 4.78 is 9.35. The summed E-state index contributed by atoms with van der Waals surface area (Å²) in [6.07, 6.45) is 1.81. The van der Waals surface area contributed by atoms with Crippen LogP contribution in [0, 0.1) is 6.92 Å². The van der Waals surface area contributed by atoms with Gasteiger partial charge in [0.05, 0.1) is 0 Å². The summed E-state index contributed by atoms with van der Waals surface area (Å²) in [6, 6.07) is 1.96. The fraction of sp³-hybridized carbons (Fsp3) is 0.538. The molecule has 7 nitrogen and oxygen atoms in total. The third-order valence-corrected chi connectivity index (χ3v) is 4.18. The zero-order chi connectivity index (χ0) is 14.7. The van der Waals surface area contributed by atoms with Crippen molar-refractivity contribution in [3.05, 3.63) is 23.9 Å². The average molecular weight is 306 g/mol. The smallest absolute Gasteiger partial charge is 0.205 e. The molecule has 0 bridgehead atoms. The van der Waals surface area contributed by atoms with Crippen molar-refractivity contribution < 1.29 is 4.74 Å². The van der Waals surface area contributed by atoms with Gasteiger partial charge in [-0.25, -0.2) is 15.0 Å². The Bertz CT molecular complexity index is 596. The van der Waals surface area contributed by atoms with Crippen LogP contribution in [0.1, 0.15) is 11.6 Å². The monoisotopic (exact) mass is 306 g/mol. The van der Waals surface area contributed by atoms with Crippen molar-refractivity contribution in [1.82, 2.24) is 19.3 Å². The lowest BCUT2D eigenvalue weighted by atomic mass is 10.3. The maximum Gasteiger partial charge on any atom is 0.205 e. The van der Waals surface area contributed by atoms with Crippen LogP contribution in [0.25, 0.3) is 0 Å². The Morgan fingerprint density at radius 2 is 1.95 bits per heavy atom. The highest BCUT2D eigenvalue weighted by molar-refractivity contribution is 7.09. The number of rotatable bonds is 4. The van der Waals surface area contributed by atoms with Gasteiger partial charge in [0.25, 0.3) is 0 Å². The van der Waals surface area contributed by atoms with Crippen LogP contribution in [0.3, 0.4) is 0 Å². The van der Waals surface area contributed by atoms with Gasteiger partial charge in [-0.3, -0.25) is 0 Å². The molecule has 8 heteroatoms. The molecule has 0 aromatic carbocycles. The van der Waals surface area contributed by atoms with Gasteiger partial charge in [-0.05, 0) is 13.0 Å². The van der Waals surface area contributed by atoms with Gasteiger partial charge < -0.3 is 14.5 Å². The molecule has 2 aromatic rings. The molecule has 3 rings (SSSR count). The average Bonchev–Trinajstić information content (AvgIpc) is 2.97. The summed E-state index contributed by atoms with van der Waals surface area (Å²) in [7, 11) is 1.66. The van der Waals surface area contributed by atoms with E-state index in [1.165, 1.54) is 11.5 Å². The van der Waals surface area contributed by atoms with Crippen molar-refractivity contribution in [3.8, 4) is 0 Å².